The van der Waals surface area contributed by atoms with Crippen molar-refractivity contribution in [1.29, 1.82) is 0 Å². The van der Waals surface area contributed by atoms with Crippen LogP contribution in [0.3, 0.4) is 0 Å². The molecule has 1 aliphatic rings. The largest absolute Gasteiger partial charge is 0.497 e. The van der Waals surface area contributed by atoms with Gasteiger partial charge in [-0.25, -0.2) is 4.98 Å². The minimum atomic E-state index is -0.217. The van der Waals surface area contributed by atoms with Crippen molar-refractivity contribution in [2.45, 2.75) is 31.5 Å². The number of amides is 1. The van der Waals surface area contributed by atoms with E-state index in [1.54, 1.807) is 24.6 Å². The van der Waals surface area contributed by atoms with E-state index in [2.05, 4.69) is 27.3 Å². The topological polar surface area (TPSA) is 54.5 Å². The Morgan fingerprint density at radius 2 is 1.97 bits per heavy atom. The lowest BCUT2D eigenvalue weighted by Crippen LogP contribution is -2.40. The molecule has 0 bridgehead atoms. The summed E-state index contributed by atoms with van der Waals surface area (Å²) in [5, 5.41) is 6.04. The molecule has 1 amide bonds. The zero-order chi connectivity index (χ0) is 20.1. The van der Waals surface area contributed by atoms with Gasteiger partial charge in [-0.3, -0.25) is 9.69 Å². The number of aromatic nitrogens is 1. The molecule has 2 aromatic carbocycles. The Balaban J connectivity index is 1.44. The number of nitrogens with zero attached hydrogens (tertiary/aromatic N) is 2. The first kappa shape index (κ1) is 19.6. The van der Waals surface area contributed by atoms with Crippen LogP contribution in [0.1, 0.15) is 35.0 Å². The van der Waals surface area contributed by atoms with Gasteiger partial charge in [-0.05, 0) is 36.1 Å². The first-order chi connectivity index (χ1) is 14.2. The van der Waals surface area contributed by atoms with Crippen LogP contribution in [0.5, 0.6) is 5.75 Å². The van der Waals surface area contributed by atoms with Gasteiger partial charge in [0, 0.05) is 24.2 Å². The molecule has 1 unspecified atom stereocenters. The summed E-state index contributed by atoms with van der Waals surface area (Å²) in [6, 6.07) is 18.3. The van der Waals surface area contributed by atoms with Crippen molar-refractivity contribution in [3.63, 3.8) is 0 Å². The van der Waals surface area contributed by atoms with Gasteiger partial charge >= 0.3 is 0 Å². The van der Waals surface area contributed by atoms with Crippen LogP contribution < -0.4 is 10.1 Å². The van der Waals surface area contributed by atoms with Gasteiger partial charge in [0.15, 0.2) is 0 Å². The van der Waals surface area contributed by atoms with Crippen LogP contribution in [0.2, 0.25) is 0 Å². The van der Waals surface area contributed by atoms with Gasteiger partial charge in [0.2, 0.25) is 5.91 Å². The lowest BCUT2D eigenvalue weighted by atomic mass is 10.1. The molecule has 3 aromatic rings. The number of hydrogen-bond donors (Lipinski definition) is 1. The maximum Gasteiger partial charge on any atom is 0.235 e. The Labute approximate surface area is 175 Å². The third-order valence-corrected chi connectivity index (χ3v) is 5.93. The van der Waals surface area contributed by atoms with E-state index in [1.807, 2.05) is 47.8 Å². The minimum Gasteiger partial charge on any atom is -0.497 e. The van der Waals surface area contributed by atoms with Crippen LogP contribution in [0.25, 0.3) is 0 Å². The Hall–Kier alpha value is -2.70. The third-order valence-electron chi connectivity index (χ3n) is 5.09. The molecule has 0 spiro atoms. The van der Waals surface area contributed by atoms with Crippen LogP contribution in [-0.4, -0.2) is 35.5 Å². The Bertz CT molecular complexity index is 909. The molecule has 1 fully saturated rings. The van der Waals surface area contributed by atoms with E-state index >= 15 is 0 Å². The molecule has 1 atom stereocenters. The molecule has 1 heterocycles. The Morgan fingerprint density at radius 1 is 1.21 bits per heavy atom. The van der Waals surface area contributed by atoms with Crippen LogP contribution >= 0.6 is 11.3 Å². The molecule has 6 heteroatoms. The molecule has 5 nitrogen and oxygen atoms in total. The molecular weight excluding hydrogens is 382 g/mol. The van der Waals surface area contributed by atoms with Gasteiger partial charge in [0.1, 0.15) is 16.8 Å². The first-order valence-corrected chi connectivity index (χ1v) is 10.7. The average molecular weight is 408 g/mol. The summed E-state index contributed by atoms with van der Waals surface area (Å²) < 4.78 is 5.24. The predicted octanol–water partition coefficient (Wildman–Crippen LogP) is 4.02. The minimum absolute atomic E-state index is 0.0227. The standard InChI is InChI=1S/C23H25N3O2S/c1-28-20-11-7-17(8-12-20)15-26(19-9-10-19)16-21(27)25-22(23-24-13-14-29-23)18-5-3-2-4-6-18/h2-8,11-14,19,22H,9-10,15-16H2,1H3,(H,25,27). The second kappa shape index (κ2) is 9.20. The van der Waals surface area contributed by atoms with E-state index in [1.165, 1.54) is 5.56 Å². The highest BCUT2D eigenvalue weighted by atomic mass is 32.1. The highest BCUT2D eigenvalue weighted by Crippen LogP contribution is 2.29. The van der Waals surface area contributed by atoms with Gasteiger partial charge in [-0.1, -0.05) is 42.5 Å². The van der Waals surface area contributed by atoms with E-state index < -0.39 is 0 Å². The van der Waals surface area contributed by atoms with Gasteiger partial charge in [-0.15, -0.1) is 11.3 Å². The molecule has 1 N–H and O–H groups in total. The van der Waals surface area contributed by atoms with Gasteiger partial charge < -0.3 is 10.1 Å². The summed E-state index contributed by atoms with van der Waals surface area (Å²) in [5.74, 6) is 0.869. The van der Waals surface area contributed by atoms with E-state index in [4.69, 9.17) is 4.74 Å². The SMILES string of the molecule is COc1ccc(CN(CC(=O)NC(c2ccccc2)c2nccs2)C2CC2)cc1. The number of rotatable bonds is 9. The van der Waals surface area contributed by atoms with E-state index in [-0.39, 0.29) is 11.9 Å². The summed E-state index contributed by atoms with van der Waals surface area (Å²) in [7, 11) is 1.67. The molecule has 1 aromatic heterocycles. The van der Waals surface area contributed by atoms with E-state index in [0.717, 1.165) is 35.7 Å². The maximum atomic E-state index is 13.0. The predicted molar refractivity (Wildman–Crippen MR) is 115 cm³/mol. The zero-order valence-electron chi connectivity index (χ0n) is 16.5. The quantitative estimate of drug-likeness (QED) is 0.582. The van der Waals surface area contributed by atoms with Crippen molar-refractivity contribution in [1.82, 2.24) is 15.2 Å². The summed E-state index contributed by atoms with van der Waals surface area (Å²) in [6.07, 6.45) is 4.08. The highest BCUT2D eigenvalue weighted by Gasteiger charge is 2.31. The fourth-order valence-corrected chi connectivity index (χ4v) is 4.13. The Morgan fingerprint density at radius 3 is 2.59 bits per heavy atom. The van der Waals surface area contributed by atoms with Gasteiger partial charge in [0.25, 0.3) is 0 Å². The fraction of sp³-hybridized carbons (Fsp3) is 0.304. The number of ether oxygens (including phenoxy) is 1. The summed E-state index contributed by atoms with van der Waals surface area (Å²) in [4.78, 5) is 19.7. The van der Waals surface area contributed by atoms with Crippen molar-refractivity contribution in [3.05, 3.63) is 82.3 Å². The number of methoxy groups -OCH3 is 1. The fourth-order valence-electron chi connectivity index (χ4n) is 3.42. The summed E-state index contributed by atoms with van der Waals surface area (Å²) >= 11 is 1.56. The van der Waals surface area contributed by atoms with Gasteiger partial charge in [-0.2, -0.15) is 0 Å². The molecule has 1 aliphatic carbocycles. The second-order valence-electron chi connectivity index (χ2n) is 7.27. The molecule has 0 radical (unpaired) electrons. The zero-order valence-corrected chi connectivity index (χ0v) is 17.3. The first-order valence-electron chi connectivity index (χ1n) is 9.83. The number of carbonyl (C=O) groups excluding carboxylic acids is 1. The summed E-state index contributed by atoms with van der Waals surface area (Å²) in [6.45, 7) is 1.14. The highest BCUT2D eigenvalue weighted by molar-refractivity contribution is 7.09. The molecule has 0 aliphatic heterocycles. The number of hydrogen-bond acceptors (Lipinski definition) is 5. The number of nitrogens with one attached hydrogen (secondary N) is 1. The van der Waals surface area contributed by atoms with E-state index in [0.29, 0.717) is 12.6 Å². The smallest absolute Gasteiger partial charge is 0.235 e. The third kappa shape index (κ3) is 5.22. The van der Waals surface area contributed by atoms with Crippen molar-refractivity contribution >= 4 is 17.2 Å². The normalized spacial score (nSPS) is 14.6. The molecule has 29 heavy (non-hydrogen) atoms. The lowest BCUT2D eigenvalue weighted by molar-refractivity contribution is -0.123. The average Bonchev–Trinajstić information content (AvgIpc) is 3.47. The van der Waals surface area contributed by atoms with Crippen molar-refractivity contribution in [2.75, 3.05) is 13.7 Å². The lowest BCUT2D eigenvalue weighted by Gasteiger charge is -2.24. The van der Waals surface area contributed by atoms with Crippen LogP contribution in [0, 0.1) is 0 Å². The summed E-state index contributed by atoms with van der Waals surface area (Å²) in [5.41, 5.74) is 2.23. The molecule has 0 saturated heterocycles. The number of carbonyl (C=O) groups is 1. The second-order valence-corrected chi connectivity index (χ2v) is 8.19. The Kier molecular flexibility index (Phi) is 6.22. The molecule has 1 saturated carbocycles. The van der Waals surface area contributed by atoms with Crippen LogP contribution in [0.4, 0.5) is 0 Å². The van der Waals surface area contributed by atoms with Gasteiger partial charge in [0.05, 0.1) is 13.7 Å². The monoisotopic (exact) mass is 407 g/mol. The maximum absolute atomic E-state index is 13.0. The molecule has 4 rings (SSSR count). The van der Waals surface area contributed by atoms with Crippen molar-refractivity contribution in [2.24, 2.45) is 0 Å². The van der Waals surface area contributed by atoms with E-state index in [9.17, 15) is 4.79 Å². The number of thiazole rings is 1. The molecule has 150 valence electrons. The van der Waals surface area contributed by atoms with Crippen LogP contribution in [-0.2, 0) is 11.3 Å². The van der Waals surface area contributed by atoms with Crippen molar-refractivity contribution < 1.29 is 9.53 Å². The van der Waals surface area contributed by atoms with Crippen LogP contribution in [0.15, 0.2) is 66.2 Å². The number of benzene rings is 2. The van der Waals surface area contributed by atoms with Crippen molar-refractivity contribution in [3.8, 4) is 5.75 Å². The molecular formula is C23H25N3O2S.